The van der Waals surface area contributed by atoms with Crippen LogP contribution in [0, 0.1) is 0 Å². The van der Waals surface area contributed by atoms with Crippen LogP contribution in [0.2, 0.25) is 0 Å². The molecular formula is C17H28O3. The Morgan fingerprint density at radius 3 is 2.20 bits per heavy atom. The molecule has 0 unspecified atom stereocenters. The number of carbonyl (C=O) groups is 2. The van der Waals surface area contributed by atoms with Crippen LogP contribution < -0.4 is 0 Å². The van der Waals surface area contributed by atoms with E-state index >= 15 is 0 Å². The first-order valence-electron chi connectivity index (χ1n) is 7.63. The molecule has 0 saturated heterocycles. The third-order valence-corrected chi connectivity index (χ3v) is 2.87. The molecule has 0 aromatic heterocycles. The van der Waals surface area contributed by atoms with E-state index in [0.29, 0.717) is 6.42 Å². The minimum atomic E-state index is -0.393. The molecular weight excluding hydrogens is 252 g/mol. The average Bonchev–Trinajstić information content (AvgIpc) is 2.42. The molecule has 0 aliphatic heterocycles. The maximum atomic E-state index is 11.3. The molecule has 3 nitrogen and oxygen atoms in total. The molecule has 0 heterocycles. The topological polar surface area (TPSA) is 43.4 Å². The lowest BCUT2D eigenvalue weighted by Gasteiger charge is -2.01. The lowest BCUT2D eigenvalue weighted by molar-refractivity contribution is -0.145. The highest BCUT2D eigenvalue weighted by Gasteiger charge is 2.03. The van der Waals surface area contributed by atoms with E-state index in [1.807, 2.05) is 0 Å². The summed E-state index contributed by atoms with van der Waals surface area (Å²) in [7, 11) is 0. The van der Waals surface area contributed by atoms with Crippen molar-refractivity contribution in [1.29, 1.82) is 0 Å². The van der Waals surface area contributed by atoms with Crippen LogP contribution in [0.5, 0.6) is 0 Å². The van der Waals surface area contributed by atoms with E-state index < -0.39 is 5.97 Å². The van der Waals surface area contributed by atoms with E-state index in [2.05, 4.69) is 36.0 Å². The van der Waals surface area contributed by atoms with Crippen molar-refractivity contribution in [2.75, 3.05) is 6.61 Å². The highest BCUT2D eigenvalue weighted by atomic mass is 16.5. The number of ketones is 1. The number of Topliss-reactive ketones (excluding diaryl/α,β-unsaturated/α-hetero) is 1. The van der Waals surface area contributed by atoms with Crippen LogP contribution in [0.15, 0.2) is 24.3 Å². The van der Waals surface area contributed by atoms with Crippen molar-refractivity contribution in [1.82, 2.24) is 0 Å². The Labute approximate surface area is 123 Å². The van der Waals surface area contributed by atoms with Gasteiger partial charge in [0.25, 0.3) is 0 Å². The molecule has 0 atom stereocenters. The molecule has 0 aliphatic carbocycles. The lowest BCUT2D eigenvalue weighted by Crippen LogP contribution is -2.11. The monoisotopic (exact) mass is 280 g/mol. The summed E-state index contributed by atoms with van der Waals surface area (Å²) in [5.41, 5.74) is 0. The molecule has 0 aromatic rings. The predicted octanol–water partition coefficient (Wildman–Crippen LogP) is 4.37. The quantitative estimate of drug-likeness (QED) is 0.303. The van der Waals surface area contributed by atoms with Gasteiger partial charge in [0.15, 0.2) is 5.78 Å². The second kappa shape index (κ2) is 14.0. The second-order valence-electron chi connectivity index (χ2n) is 4.92. The van der Waals surface area contributed by atoms with Crippen LogP contribution >= 0.6 is 0 Å². The number of hydrogen-bond donors (Lipinski definition) is 0. The molecule has 0 spiro atoms. The number of unbranched alkanes of at least 4 members (excludes halogenated alkanes) is 5. The van der Waals surface area contributed by atoms with Crippen molar-refractivity contribution in [3.05, 3.63) is 24.3 Å². The third-order valence-electron chi connectivity index (χ3n) is 2.87. The Morgan fingerprint density at radius 1 is 0.950 bits per heavy atom. The molecule has 0 amide bonds. The van der Waals surface area contributed by atoms with Crippen LogP contribution in [0.1, 0.15) is 65.2 Å². The van der Waals surface area contributed by atoms with Crippen molar-refractivity contribution >= 4 is 11.8 Å². The van der Waals surface area contributed by atoms with E-state index in [4.69, 9.17) is 0 Å². The third kappa shape index (κ3) is 14.7. The number of hydrogen-bond acceptors (Lipinski definition) is 3. The van der Waals surface area contributed by atoms with Gasteiger partial charge in [-0.1, -0.05) is 50.5 Å². The number of allylic oxidation sites excluding steroid dienone is 4. The van der Waals surface area contributed by atoms with Crippen LogP contribution in [0.4, 0.5) is 0 Å². The fourth-order valence-corrected chi connectivity index (χ4v) is 1.69. The number of rotatable bonds is 12. The Balaban J connectivity index is 3.35. The molecule has 0 bridgehead atoms. The van der Waals surface area contributed by atoms with Gasteiger partial charge in [0, 0.05) is 13.3 Å². The summed E-state index contributed by atoms with van der Waals surface area (Å²) in [5.74, 6) is -0.384. The highest BCUT2D eigenvalue weighted by molar-refractivity contribution is 5.81. The van der Waals surface area contributed by atoms with Gasteiger partial charge < -0.3 is 4.74 Å². The standard InChI is InChI=1S/C17H28O3/c1-3-4-5-6-7-8-9-10-11-12-13-14-17(19)15-20-16(2)18/h6-9H,3-5,10-15H2,1-2H3. The largest absolute Gasteiger partial charge is 0.458 e. The minimum Gasteiger partial charge on any atom is -0.458 e. The number of carbonyl (C=O) groups excluding carboxylic acids is 2. The van der Waals surface area contributed by atoms with E-state index in [1.54, 1.807) is 0 Å². The smallest absolute Gasteiger partial charge is 0.303 e. The maximum absolute atomic E-state index is 11.3. The van der Waals surface area contributed by atoms with Gasteiger partial charge in [0.2, 0.25) is 0 Å². The van der Waals surface area contributed by atoms with E-state index in [0.717, 1.165) is 32.1 Å². The van der Waals surface area contributed by atoms with Gasteiger partial charge in [-0.3, -0.25) is 9.59 Å². The lowest BCUT2D eigenvalue weighted by atomic mass is 10.1. The van der Waals surface area contributed by atoms with Crippen LogP contribution in [-0.2, 0) is 14.3 Å². The average molecular weight is 280 g/mol. The van der Waals surface area contributed by atoms with E-state index in [-0.39, 0.29) is 12.4 Å². The van der Waals surface area contributed by atoms with Crippen LogP contribution in [0.3, 0.4) is 0 Å². The van der Waals surface area contributed by atoms with E-state index in [1.165, 1.54) is 19.8 Å². The van der Waals surface area contributed by atoms with Gasteiger partial charge in [-0.15, -0.1) is 0 Å². The van der Waals surface area contributed by atoms with Crippen molar-refractivity contribution in [3.63, 3.8) is 0 Å². The van der Waals surface area contributed by atoms with Crippen LogP contribution in [0.25, 0.3) is 0 Å². The van der Waals surface area contributed by atoms with Gasteiger partial charge in [-0.05, 0) is 25.7 Å². The van der Waals surface area contributed by atoms with Gasteiger partial charge in [0.05, 0.1) is 0 Å². The van der Waals surface area contributed by atoms with Crippen molar-refractivity contribution in [2.45, 2.75) is 65.2 Å². The summed E-state index contributed by atoms with van der Waals surface area (Å²) in [6.45, 7) is 3.44. The molecule has 3 heteroatoms. The Kier molecular flexibility index (Phi) is 13.1. The molecule has 0 radical (unpaired) electrons. The zero-order valence-corrected chi connectivity index (χ0v) is 12.9. The predicted molar refractivity (Wildman–Crippen MR) is 82.5 cm³/mol. The van der Waals surface area contributed by atoms with E-state index in [9.17, 15) is 9.59 Å². The first-order valence-corrected chi connectivity index (χ1v) is 7.63. The Bertz CT molecular complexity index is 316. The number of ether oxygens (including phenoxy) is 1. The molecule has 20 heavy (non-hydrogen) atoms. The molecule has 0 N–H and O–H groups in total. The molecule has 0 rings (SSSR count). The summed E-state index contributed by atoms with van der Waals surface area (Å²) in [6.07, 6.45) is 16.8. The van der Waals surface area contributed by atoms with Gasteiger partial charge >= 0.3 is 5.97 Å². The molecule has 0 aliphatic rings. The number of esters is 1. The molecule has 0 aromatic carbocycles. The fraction of sp³-hybridized carbons (Fsp3) is 0.647. The van der Waals surface area contributed by atoms with Crippen LogP contribution in [-0.4, -0.2) is 18.4 Å². The summed E-state index contributed by atoms with van der Waals surface area (Å²) < 4.78 is 4.65. The molecule has 0 saturated carbocycles. The zero-order chi connectivity index (χ0) is 15.1. The summed E-state index contributed by atoms with van der Waals surface area (Å²) >= 11 is 0. The molecule has 0 fully saturated rings. The molecule has 114 valence electrons. The minimum absolute atomic E-state index is 0.00889. The van der Waals surface area contributed by atoms with Gasteiger partial charge in [-0.2, -0.15) is 0 Å². The summed E-state index contributed by atoms with van der Waals surface area (Å²) in [4.78, 5) is 21.8. The van der Waals surface area contributed by atoms with Crippen molar-refractivity contribution in [3.8, 4) is 0 Å². The first kappa shape index (κ1) is 18.6. The Morgan fingerprint density at radius 2 is 1.60 bits per heavy atom. The van der Waals surface area contributed by atoms with Crippen molar-refractivity contribution in [2.24, 2.45) is 0 Å². The first-order chi connectivity index (χ1) is 9.66. The van der Waals surface area contributed by atoms with Gasteiger partial charge in [0.1, 0.15) is 6.61 Å². The SMILES string of the molecule is CCCCC=CC=CCCCCCC(=O)COC(C)=O. The van der Waals surface area contributed by atoms with Crippen molar-refractivity contribution < 1.29 is 14.3 Å². The van der Waals surface area contributed by atoms with Gasteiger partial charge in [-0.25, -0.2) is 0 Å². The normalized spacial score (nSPS) is 11.3. The summed E-state index contributed by atoms with van der Waals surface area (Å²) in [6, 6.07) is 0. The Hall–Kier alpha value is -1.38. The summed E-state index contributed by atoms with van der Waals surface area (Å²) in [5, 5.41) is 0. The maximum Gasteiger partial charge on any atom is 0.303 e. The highest BCUT2D eigenvalue weighted by Crippen LogP contribution is 2.05. The fourth-order valence-electron chi connectivity index (χ4n) is 1.69. The zero-order valence-electron chi connectivity index (χ0n) is 12.9. The second-order valence-corrected chi connectivity index (χ2v) is 4.92.